The molecule has 1 N–H and O–H groups in total. The Hall–Kier alpha value is -1.53. The predicted molar refractivity (Wildman–Crippen MR) is 43.6 cm³/mol. The molecule has 0 bridgehead atoms. The highest BCUT2D eigenvalue weighted by Gasteiger charge is 2.10. The maximum absolute atomic E-state index is 9.20. The van der Waals surface area contributed by atoms with Crippen molar-refractivity contribution >= 4 is 0 Å². The van der Waals surface area contributed by atoms with Crippen LogP contribution in [0.3, 0.4) is 0 Å². The second-order valence-corrected chi connectivity index (χ2v) is 2.27. The summed E-state index contributed by atoms with van der Waals surface area (Å²) in [5, 5.41) is 17.7. The molecule has 0 saturated heterocycles. The van der Waals surface area contributed by atoms with E-state index in [2.05, 4.69) is 0 Å². The molecule has 0 aliphatic rings. The van der Waals surface area contributed by atoms with Gasteiger partial charge in [0.05, 0.1) is 13.2 Å². The lowest BCUT2D eigenvalue weighted by molar-refractivity contribution is 0.230. The summed E-state index contributed by atoms with van der Waals surface area (Å²) in [6.07, 6.45) is -1.11. The van der Waals surface area contributed by atoms with Crippen molar-refractivity contribution in [3.05, 3.63) is 29.8 Å². The molecule has 1 atom stereocenters. The number of aliphatic hydroxyl groups is 1. The summed E-state index contributed by atoms with van der Waals surface area (Å²) in [4.78, 5) is 0. The van der Waals surface area contributed by atoms with E-state index >= 15 is 0 Å². The number of benzene rings is 1. The molecule has 1 rings (SSSR count). The van der Waals surface area contributed by atoms with E-state index in [1.165, 1.54) is 7.11 Å². The van der Waals surface area contributed by atoms with Gasteiger partial charge in [0.15, 0.2) is 6.10 Å². The minimum absolute atomic E-state index is 0.502. The summed E-state index contributed by atoms with van der Waals surface area (Å²) >= 11 is 0. The van der Waals surface area contributed by atoms with Crippen molar-refractivity contribution < 1.29 is 9.84 Å². The Kier molecular flexibility index (Phi) is 2.67. The third-order valence-corrected chi connectivity index (χ3v) is 1.56. The number of nitrogens with zero attached hydrogens (tertiary/aromatic N) is 1. The molecule has 1 aromatic rings. The zero-order valence-corrected chi connectivity index (χ0v) is 6.69. The minimum atomic E-state index is -1.11. The topological polar surface area (TPSA) is 53.2 Å². The van der Waals surface area contributed by atoms with Crippen molar-refractivity contribution in [3.63, 3.8) is 0 Å². The van der Waals surface area contributed by atoms with E-state index < -0.39 is 6.10 Å². The summed E-state index contributed by atoms with van der Waals surface area (Å²) in [5.74, 6) is 0.534. The molecule has 1 aromatic carbocycles. The Morgan fingerprint density at radius 3 is 2.75 bits per heavy atom. The van der Waals surface area contributed by atoms with Crippen LogP contribution in [0.15, 0.2) is 24.3 Å². The molecule has 0 amide bonds. The lowest BCUT2D eigenvalue weighted by atomic mass is 10.1. The second-order valence-electron chi connectivity index (χ2n) is 2.27. The number of hydrogen-bond acceptors (Lipinski definition) is 3. The van der Waals surface area contributed by atoms with Crippen molar-refractivity contribution in [2.75, 3.05) is 7.11 Å². The smallest absolute Gasteiger partial charge is 0.169 e. The molecule has 1 unspecified atom stereocenters. The molecule has 0 aromatic heterocycles. The van der Waals surface area contributed by atoms with Gasteiger partial charge in [0.2, 0.25) is 0 Å². The summed E-state index contributed by atoms with van der Waals surface area (Å²) < 4.78 is 4.96. The molecule has 0 heterocycles. The highest BCUT2D eigenvalue weighted by Crippen LogP contribution is 2.23. The van der Waals surface area contributed by atoms with Crippen LogP contribution in [0.25, 0.3) is 0 Å². The zero-order valence-electron chi connectivity index (χ0n) is 6.69. The maximum atomic E-state index is 9.20. The van der Waals surface area contributed by atoms with E-state index in [0.29, 0.717) is 11.3 Å². The van der Waals surface area contributed by atoms with Gasteiger partial charge in [0.25, 0.3) is 0 Å². The van der Waals surface area contributed by atoms with Crippen LogP contribution in [-0.2, 0) is 0 Å². The van der Waals surface area contributed by atoms with E-state index in [1.54, 1.807) is 30.3 Å². The van der Waals surface area contributed by atoms with Crippen molar-refractivity contribution in [1.29, 1.82) is 5.26 Å². The molecule has 0 aliphatic carbocycles. The quantitative estimate of drug-likeness (QED) is 0.667. The highest BCUT2D eigenvalue weighted by atomic mass is 16.5. The summed E-state index contributed by atoms with van der Waals surface area (Å²) in [6, 6.07) is 8.63. The lowest BCUT2D eigenvalue weighted by Gasteiger charge is -2.07. The number of aliphatic hydroxyl groups excluding tert-OH is 1. The molecule has 0 spiro atoms. The van der Waals surface area contributed by atoms with Gasteiger partial charge in [-0.1, -0.05) is 18.2 Å². The molecule has 0 radical (unpaired) electrons. The molecule has 0 saturated carbocycles. The molecule has 12 heavy (non-hydrogen) atoms. The van der Waals surface area contributed by atoms with Crippen LogP contribution >= 0.6 is 0 Å². The first kappa shape index (κ1) is 8.57. The third kappa shape index (κ3) is 1.55. The van der Waals surface area contributed by atoms with Crippen LogP contribution in [0.2, 0.25) is 0 Å². The predicted octanol–water partition coefficient (Wildman–Crippen LogP) is 1.25. The molecule has 0 aliphatic heterocycles. The number of para-hydroxylation sites is 1. The van der Waals surface area contributed by atoms with Gasteiger partial charge in [0.1, 0.15) is 5.75 Å². The summed E-state index contributed by atoms with van der Waals surface area (Å²) in [6.45, 7) is 0. The Morgan fingerprint density at radius 1 is 1.50 bits per heavy atom. The molecule has 0 fully saturated rings. The van der Waals surface area contributed by atoms with Gasteiger partial charge in [-0.3, -0.25) is 0 Å². The van der Waals surface area contributed by atoms with Gasteiger partial charge in [-0.2, -0.15) is 5.26 Å². The Balaban J connectivity index is 3.06. The van der Waals surface area contributed by atoms with E-state index in [0.717, 1.165) is 0 Å². The standard InChI is InChI=1S/C9H9NO2/c1-12-9-5-3-2-4-7(9)8(11)6-10/h2-5,8,11H,1H3. The third-order valence-electron chi connectivity index (χ3n) is 1.56. The lowest BCUT2D eigenvalue weighted by Crippen LogP contribution is -1.96. The van der Waals surface area contributed by atoms with Crippen molar-refractivity contribution in [2.45, 2.75) is 6.10 Å². The fourth-order valence-electron chi connectivity index (χ4n) is 0.962. The van der Waals surface area contributed by atoms with Crippen LogP contribution < -0.4 is 4.74 Å². The van der Waals surface area contributed by atoms with Crippen LogP contribution in [0.5, 0.6) is 5.75 Å². The summed E-state index contributed by atoms with van der Waals surface area (Å²) in [7, 11) is 1.50. The summed E-state index contributed by atoms with van der Waals surface area (Å²) in [5.41, 5.74) is 0.502. The molecule has 62 valence electrons. The zero-order chi connectivity index (χ0) is 8.97. The fourth-order valence-corrected chi connectivity index (χ4v) is 0.962. The first-order valence-corrected chi connectivity index (χ1v) is 3.50. The normalized spacial score (nSPS) is 11.8. The number of rotatable bonds is 2. The van der Waals surface area contributed by atoms with Gasteiger partial charge in [0, 0.05) is 5.56 Å². The van der Waals surface area contributed by atoms with E-state index in [1.807, 2.05) is 0 Å². The fraction of sp³-hybridized carbons (Fsp3) is 0.222. The monoisotopic (exact) mass is 163 g/mol. The van der Waals surface area contributed by atoms with Crippen molar-refractivity contribution in [3.8, 4) is 11.8 Å². The van der Waals surface area contributed by atoms with Crippen LogP contribution in [0.4, 0.5) is 0 Å². The number of ether oxygens (including phenoxy) is 1. The highest BCUT2D eigenvalue weighted by molar-refractivity contribution is 5.37. The molecular weight excluding hydrogens is 154 g/mol. The minimum Gasteiger partial charge on any atom is -0.496 e. The van der Waals surface area contributed by atoms with Gasteiger partial charge < -0.3 is 9.84 Å². The molecular formula is C9H9NO2. The first-order valence-electron chi connectivity index (χ1n) is 3.50. The number of nitriles is 1. The number of hydrogen-bond donors (Lipinski definition) is 1. The number of methoxy groups -OCH3 is 1. The van der Waals surface area contributed by atoms with Gasteiger partial charge >= 0.3 is 0 Å². The Morgan fingerprint density at radius 2 is 2.17 bits per heavy atom. The molecule has 3 heteroatoms. The SMILES string of the molecule is COc1ccccc1C(O)C#N. The maximum Gasteiger partial charge on any atom is 0.169 e. The van der Waals surface area contributed by atoms with Gasteiger partial charge in [-0.25, -0.2) is 0 Å². The van der Waals surface area contributed by atoms with Crippen LogP contribution in [-0.4, -0.2) is 12.2 Å². The van der Waals surface area contributed by atoms with Gasteiger partial charge in [-0.05, 0) is 6.07 Å². The average molecular weight is 163 g/mol. The van der Waals surface area contributed by atoms with Gasteiger partial charge in [-0.15, -0.1) is 0 Å². The van der Waals surface area contributed by atoms with Crippen molar-refractivity contribution in [2.24, 2.45) is 0 Å². The van der Waals surface area contributed by atoms with E-state index in [4.69, 9.17) is 10.00 Å². The first-order chi connectivity index (χ1) is 5.79. The van der Waals surface area contributed by atoms with Crippen molar-refractivity contribution in [1.82, 2.24) is 0 Å². The largest absolute Gasteiger partial charge is 0.496 e. The Bertz CT molecular complexity index is 304. The Labute approximate surface area is 70.8 Å². The van der Waals surface area contributed by atoms with Crippen LogP contribution in [0.1, 0.15) is 11.7 Å². The average Bonchev–Trinajstić information content (AvgIpc) is 2.16. The molecule has 3 nitrogen and oxygen atoms in total. The second kappa shape index (κ2) is 3.74. The van der Waals surface area contributed by atoms with Crippen LogP contribution in [0, 0.1) is 11.3 Å². The van der Waals surface area contributed by atoms with E-state index in [9.17, 15) is 5.11 Å². The van der Waals surface area contributed by atoms with E-state index in [-0.39, 0.29) is 0 Å².